The van der Waals surface area contributed by atoms with Gasteiger partial charge < -0.3 is 10.6 Å². The molecule has 22 heavy (non-hydrogen) atoms. The molecule has 0 atom stereocenters. The van der Waals surface area contributed by atoms with Gasteiger partial charge in [0, 0.05) is 18.7 Å². The zero-order valence-electron chi connectivity index (χ0n) is 12.1. The largest absolute Gasteiger partial charge is 0.390 e. The fraction of sp³-hybridized carbons (Fsp3) is 0.500. The van der Waals surface area contributed by atoms with Crippen molar-refractivity contribution < 1.29 is 22.0 Å². The van der Waals surface area contributed by atoms with Crippen molar-refractivity contribution in [3.8, 4) is 0 Å². The predicted molar refractivity (Wildman–Crippen MR) is 74.7 cm³/mol. The Bertz CT molecular complexity index is 479. The molecule has 1 aromatic rings. The fourth-order valence-corrected chi connectivity index (χ4v) is 1.71. The van der Waals surface area contributed by atoms with Crippen molar-refractivity contribution >= 4 is 5.96 Å². The van der Waals surface area contributed by atoms with Gasteiger partial charge in [0.15, 0.2) is 5.96 Å². The first-order valence-corrected chi connectivity index (χ1v) is 6.85. The first-order chi connectivity index (χ1) is 10.3. The third-order valence-electron chi connectivity index (χ3n) is 2.74. The second kappa shape index (κ2) is 8.55. The van der Waals surface area contributed by atoms with Crippen LogP contribution in [0.2, 0.25) is 0 Å². The molecule has 2 N–H and O–H groups in total. The summed E-state index contributed by atoms with van der Waals surface area (Å²) < 4.78 is 63.0. The smallest absolute Gasteiger partial charge is 0.357 e. The lowest BCUT2D eigenvalue weighted by Gasteiger charge is -2.12. The van der Waals surface area contributed by atoms with E-state index in [9.17, 15) is 22.0 Å². The summed E-state index contributed by atoms with van der Waals surface area (Å²) in [5, 5.41) is 5.52. The van der Waals surface area contributed by atoms with Gasteiger partial charge in [-0.15, -0.1) is 0 Å². The zero-order chi connectivity index (χ0) is 16.6. The van der Waals surface area contributed by atoms with E-state index in [1.807, 2.05) is 0 Å². The molecule has 0 radical (unpaired) electrons. The minimum Gasteiger partial charge on any atom is -0.357 e. The molecule has 1 rings (SSSR count). The number of benzene rings is 1. The summed E-state index contributed by atoms with van der Waals surface area (Å²) in [5.41, 5.74) is -0.0684. The van der Waals surface area contributed by atoms with Gasteiger partial charge in [-0.1, -0.05) is 6.07 Å². The quantitative estimate of drug-likeness (QED) is 0.480. The molecule has 0 aliphatic carbocycles. The Morgan fingerprint density at radius 2 is 1.77 bits per heavy atom. The maximum absolute atomic E-state index is 13.4. The standard InChI is InChI=1S/C14H18F5N3/c1-2-20-13(22-9-7-14(17,18)19)21-8-6-10-11(15)4-3-5-12(10)16/h3-5H,2,6-9H2,1H3,(H2,20,21,22). The first kappa shape index (κ1) is 18.2. The van der Waals surface area contributed by atoms with Crippen LogP contribution in [0, 0.1) is 11.6 Å². The zero-order valence-corrected chi connectivity index (χ0v) is 12.1. The van der Waals surface area contributed by atoms with E-state index in [1.165, 1.54) is 6.07 Å². The van der Waals surface area contributed by atoms with Crippen LogP contribution in [-0.2, 0) is 6.42 Å². The van der Waals surface area contributed by atoms with Crippen LogP contribution in [0.5, 0.6) is 0 Å². The van der Waals surface area contributed by atoms with E-state index in [-0.39, 0.29) is 24.5 Å². The number of nitrogens with zero attached hydrogens (tertiary/aromatic N) is 1. The number of alkyl halides is 3. The fourth-order valence-electron chi connectivity index (χ4n) is 1.71. The summed E-state index contributed by atoms with van der Waals surface area (Å²) in [6.45, 7) is 1.96. The van der Waals surface area contributed by atoms with Crippen LogP contribution in [0.1, 0.15) is 18.9 Å². The van der Waals surface area contributed by atoms with E-state index in [0.717, 1.165) is 12.1 Å². The van der Waals surface area contributed by atoms with Crippen LogP contribution in [0.3, 0.4) is 0 Å². The van der Waals surface area contributed by atoms with Crippen LogP contribution in [0.15, 0.2) is 23.2 Å². The summed E-state index contributed by atoms with van der Waals surface area (Å²) >= 11 is 0. The third-order valence-corrected chi connectivity index (χ3v) is 2.74. The van der Waals surface area contributed by atoms with Gasteiger partial charge in [0.1, 0.15) is 11.6 Å². The van der Waals surface area contributed by atoms with Gasteiger partial charge in [-0.25, -0.2) is 8.78 Å². The van der Waals surface area contributed by atoms with Crippen molar-refractivity contribution in [3.63, 3.8) is 0 Å². The van der Waals surface area contributed by atoms with Gasteiger partial charge in [-0.05, 0) is 25.5 Å². The molecule has 3 nitrogen and oxygen atoms in total. The van der Waals surface area contributed by atoms with E-state index in [0.29, 0.717) is 6.54 Å². The molecule has 0 spiro atoms. The molecule has 0 bridgehead atoms. The molecular weight excluding hydrogens is 305 g/mol. The third kappa shape index (κ3) is 6.73. The van der Waals surface area contributed by atoms with E-state index in [1.54, 1.807) is 6.92 Å². The second-order valence-corrected chi connectivity index (χ2v) is 4.50. The van der Waals surface area contributed by atoms with E-state index < -0.39 is 30.8 Å². The van der Waals surface area contributed by atoms with Gasteiger partial charge in [0.25, 0.3) is 0 Å². The topological polar surface area (TPSA) is 36.4 Å². The molecule has 0 aliphatic rings. The Hall–Kier alpha value is -1.86. The Morgan fingerprint density at radius 3 is 2.32 bits per heavy atom. The van der Waals surface area contributed by atoms with Gasteiger partial charge in [0.05, 0.1) is 13.0 Å². The Labute approximate surface area is 125 Å². The van der Waals surface area contributed by atoms with Crippen LogP contribution >= 0.6 is 0 Å². The van der Waals surface area contributed by atoms with Crippen LogP contribution in [0.4, 0.5) is 22.0 Å². The number of halogens is 5. The Morgan fingerprint density at radius 1 is 1.14 bits per heavy atom. The molecule has 0 amide bonds. The lowest BCUT2D eigenvalue weighted by molar-refractivity contribution is -0.132. The predicted octanol–water partition coefficient (Wildman–Crippen LogP) is 3.01. The average molecular weight is 323 g/mol. The summed E-state index contributed by atoms with van der Waals surface area (Å²) in [5.74, 6) is -1.12. The van der Waals surface area contributed by atoms with E-state index in [4.69, 9.17) is 0 Å². The number of hydrogen-bond donors (Lipinski definition) is 2. The van der Waals surface area contributed by atoms with Crippen molar-refractivity contribution in [3.05, 3.63) is 35.4 Å². The molecule has 0 unspecified atom stereocenters. The number of nitrogens with one attached hydrogen (secondary N) is 2. The molecule has 0 saturated heterocycles. The molecule has 0 heterocycles. The first-order valence-electron chi connectivity index (χ1n) is 6.85. The molecule has 0 aliphatic heterocycles. The van der Waals surface area contributed by atoms with E-state index >= 15 is 0 Å². The van der Waals surface area contributed by atoms with Crippen LogP contribution in [0.25, 0.3) is 0 Å². The van der Waals surface area contributed by atoms with Crippen LogP contribution < -0.4 is 10.6 Å². The molecule has 0 saturated carbocycles. The average Bonchev–Trinajstić information content (AvgIpc) is 2.40. The minimum atomic E-state index is -4.27. The van der Waals surface area contributed by atoms with Crippen molar-refractivity contribution in [2.75, 3.05) is 19.6 Å². The normalized spacial score (nSPS) is 12.4. The molecule has 124 valence electrons. The minimum absolute atomic E-state index is 0.0577. The van der Waals surface area contributed by atoms with Crippen molar-refractivity contribution in [1.29, 1.82) is 0 Å². The molecule has 1 aromatic carbocycles. The second-order valence-electron chi connectivity index (χ2n) is 4.50. The van der Waals surface area contributed by atoms with Crippen LogP contribution in [-0.4, -0.2) is 31.8 Å². The maximum atomic E-state index is 13.4. The summed E-state index contributed by atoms with van der Waals surface area (Å²) in [7, 11) is 0. The number of aliphatic imine (C=N–C) groups is 1. The molecule has 0 aromatic heterocycles. The highest BCUT2D eigenvalue weighted by Gasteiger charge is 2.26. The van der Waals surface area contributed by atoms with Gasteiger partial charge in [0.2, 0.25) is 0 Å². The summed E-state index contributed by atoms with van der Waals surface area (Å²) in [6.07, 6.45) is -5.23. The highest BCUT2D eigenvalue weighted by molar-refractivity contribution is 5.79. The number of hydrogen-bond acceptors (Lipinski definition) is 1. The molecular formula is C14H18F5N3. The van der Waals surface area contributed by atoms with Gasteiger partial charge >= 0.3 is 6.18 Å². The summed E-state index contributed by atoms with van der Waals surface area (Å²) in [6, 6.07) is 3.58. The Balaban J connectivity index is 2.52. The van der Waals surface area contributed by atoms with Crippen molar-refractivity contribution in [2.45, 2.75) is 25.9 Å². The highest BCUT2D eigenvalue weighted by atomic mass is 19.4. The molecule has 8 heteroatoms. The number of rotatable bonds is 6. The van der Waals surface area contributed by atoms with E-state index in [2.05, 4.69) is 15.6 Å². The lowest BCUT2D eigenvalue weighted by atomic mass is 10.1. The maximum Gasteiger partial charge on any atom is 0.390 e. The molecule has 0 fully saturated rings. The lowest BCUT2D eigenvalue weighted by Crippen LogP contribution is -2.38. The monoisotopic (exact) mass is 323 g/mol. The van der Waals surface area contributed by atoms with Gasteiger partial charge in [-0.2, -0.15) is 13.2 Å². The highest BCUT2D eigenvalue weighted by Crippen LogP contribution is 2.18. The van der Waals surface area contributed by atoms with Crippen molar-refractivity contribution in [2.24, 2.45) is 4.99 Å². The SMILES string of the molecule is CCNC(=NCCC(F)(F)F)NCCc1c(F)cccc1F. The van der Waals surface area contributed by atoms with Gasteiger partial charge in [-0.3, -0.25) is 4.99 Å². The Kier molecular flexibility index (Phi) is 7.07. The summed E-state index contributed by atoms with van der Waals surface area (Å²) in [4.78, 5) is 3.76. The number of guanidine groups is 1. The van der Waals surface area contributed by atoms with Crippen molar-refractivity contribution in [1.82, 2.24) is 10.6 Å².